The van der Waals surface area contributed by atoms with Crippen LogP contribution in [0.5, 0.6) is 0 Å². The number of hydrogen-bond donors (Lipinski definition) is 2. The van der Waals surface area contributed by atoms with Gasteiger partial charge in [-0.3, -0.25) is 9.69 Å². The highest BCUT2D eigenvalue weighted by molar-refractivity contribution is 6.07. The minimum Gasteiger partial charge on any atom is -0.326 e. The number of amides is 3. The second-order valence-electron chi connectivity index (χ2n) is 7.27. The summed E-state index contributed by atoms with van der Waals surface area (Å²) in [6, 6.07) is 12.7. The summed E-state index contributed by atoms with van der Waals surface area (Å²) in [5, 5.41) is 5.76. The van der Waals surface area contributed by atoms with Gasteiger partial charge < -0.3 is 10.6 Å². The summed E-state index contributed by atoms with van der Waals surface area (Å²) in [5.74, 6) is -0.799. The number of carbonyl (C=O) groups is 2. The third kappa shape index (κ3) is 3.26. The topological polar surface area (TPSA) is 61.4 Å². The van der Waals surface area contributed by atoms with Gasteiger partial charge in [-0.25, -0.2) is 9.18 Å². The lowest BCUT2D eigenvalue weighted by Crippen LogP contribution is -2.49. The number of nitrogens with one attached hydrogen (secondary N) is 2. The molecule has 2 aliphatic rings. The molecule has 1 aliphatic heterocycles. The largest absolute Gasteiger partial charge is 0.326 e. The summed E-state index contributed by atoms with van der Waals surface area (Å²) in [5.41, 5.74) is 2.83. The van der Waals surface area contributed by atoms with E-state index in [2.05, 4.69) is 10.6 Å². The lowest BCUT2D eigenvalue weighted by Gasteiger charge is -2.36. The van der Waals surface area contributed by atoms with Gasteiger partial charge in [0, 0.05) is 23.0 Å². The van der Waals surface area contributed by atoms with E-state index >= 15 is 0 Å². The zero-order chi connectivity index (χ0) is 19.8. The second-order valence-corrected chi connectivity index (χ2v) is 7.27. The van der Waals surface area contributed by atoms with E-state index in [-0.39, 0.29) is 23.5 Å². The number of para-hydroxylation sites is 1. The van der Waals surface area contributed by atoms with Crippen LogP contribution in [0.2, 0.25) is 0 Å². The van der Waals surface area contributed by atoms with E-state index < -0.39 is 11.9 Å². The number of allylic oxidation sites excluding steroid dienone is 1. The molecule has 1 heterocycles. The summed E-state index contributed by atoms with van der Waals surface area (Å²) in [7, 11) is 0. The predicted octanol–water partition coefficient (Wildman–Crippen LogP) is 4.28. The Morgan fingerprint density at radius 2 is 1.79 bits per heavy atom. The van der Waals surface area contributed by atoms with Gasteiger partial charge in [0.2, 0.25) is 0 Å². The van der Waals surface area contributed by atoms with Crippen LogP contribution in [0, 0.1) is 12.7 Å². The molecule has 3 amide bonds. The third-order valence-electron chi connectivity index (χ3n) is 5.29. The van der Waals surface area contributed by atoms with Gasteiger partial charge in [0.05, 0.1) is 11.6 Å². The number of benzene rings is 2. The quantitative estimate of drug-likeness (QED) is 0.833. The monoisotopic (exact) mass is 379 g/mol. The van der Waals surface area contributed by atoms with E-state index in [1.165, 1.54) is 6.07 Å². The van der Waals surface area contributed by atoms with Crippen molar-refractivity contribution in [3.63, 3.8) is 0 Å². The number of urea groups is 1. The van der Waals surface area contributed by atoms with Crippen LogP contribution in [0.15, 0.2) is 59.8 Å². The van der Waals surface area contributed by atoms with Crippen molar-refractivity contribution in [2.45, 2.75) is 38.8 Å². The van der Waals surface area contributed by atoms with Crippen LogP contribution in [0.25, 0.3) is 0 Å². The van der Waals surface area contributed by atoms with Crippen molar-refractivity contribution in [3.8, 4) is 0 Å². The van der Waals surface area contributed by atoms with E-state index in [1.807, 2.05) is 31.2 Å². The fourth-order valence-corrected chi connectivity index (χ4v) is 3.67. The summed E-state index contributed by atoms with van der Waals surface area (Å²) in [4.78, 5) is 27.6. The Labute approximate surface area is 163 Å². The first kappa shape index (κ1) is 18.2. The average molecular weight is 379 g/mol. The van der Waals surface area contributed by atoms with Gasteiger partial charge in [-0.15, -0.1) is 0 Å². The molecule has 5 nitrogen and oxygen atoms in total. The number of anilines is 1. The maximum Gasteiger partial charge on any atom is 0.322 e. The maximum absolute atomic E-state index is 14.5. The van der Waals surface area contributed by atoms with Gasteiger partial charge in [0.15, 0.2) is 0 Å². The average Bonchev–Trinajstić information content (AvgIpc) is 3.48. The summed E-state index contributed by atoms with van der Waals surface area (Å²) >= 11 is 0. The minimum atomic E-state index is -0.840. The molecule has 0 bridgehead atoms. The molecule has 1 saturated carbocycles. The molecule has 0 saturated heterocycles. The molecule has 28 heavy (non-hydrogen) atoms. The number of nitrogens with zero attached hydrogens (tertiary/aromatic N) is 1. The van der Waals surface area contributed by atoms with Crippen LogP contribution < -0.4 is 10.6 Å². The molecule has 0 radical (unpaired) electrons. The summed E-state index contributed by atoms with van der Waals surface area (Å²) in [6.07, 6.45) is 1.81. The Bertz CT molecular complexity index is 981. The predicted molar refractivity (Wildman–Crippen MR) is 105 cm³/mol. The van der Waals surface area contributed by atoms with Crippen LogP contribution in [-0.4, -0.2) is 22.9 Å². The molecule has 1 aliphatic carbocycles. The Balaban J connectivity index is 1.77. The van der Waals surface area contributed by atoms with Gasteiger partial charge in [0.25, 0.3) is 5.91 Å². The molecule has 0 aromatic heterocycles. The molecule has 144 valence electrons. The fourth-order valence-electron chi connectivity index (χ4n) is 3.67. The summed E-state index contributed by atoms with van der Waals surface area (Å²) in [6.45, 7) is 3.67. The van der Waals surface area contributed by atoms with Crippen molar-refractivity contribution in [2.24, 2.45) is 0 Å². The molecule has 2 aromatic rings. The first-order valence-corrected chi connectivity index (χ1v) is 9.39. The molecule has 0 unspecified atom stereocenters. The number of halogens is 1. The molecular formula is C22H22FN3O2. The molecule has 1 fully saturated rings. The zero-order valence-electron chi connectivity index (χ0n) is 15.8. The molecule has 2 aromatic carbocycles. The highest BCUT2D eigenvalue weighted by atomic mass is 19.1. The zero-order valence-corrected chi connectivity index (χ0v) is 15.8. The van der Waals surface area contributed by atoms with E-state index in [0.29, 0.717) is 17.0 Å². The van der Waals surface area contributed by atoms with Gasteiger partial charge >= 0.3 is 6.03 Å². The van der Waals surface area contributed by atoms with Crippen molar-refractivity contribution in [1.29, 1.82) is 0 Å². The van der Waals surface area contributed by atoms with Crippen molar-refractivity contribution < 1.29 is 14.0 Å². The second kappa shape index (κ2) is 7.11. The van der Waals surface area contributed by atoms with Crippen molar-refractivity contribution in [2.75, 3.05) is 5.32 Å². The number of rotatable bonds is 4. The molecule has 0 spiro atoms. The first-order valence-electron chi connectivity index (χ1n) is 9.39. The Kier molecular flexibility index (Phi) is 4.63. The van der Waals surface area contributed by atoms with Crippen molar-refractivity contribution in [3.05, 3.63) is 76.7 Å². The fraction of sp³-hybridized carbons (Fsp3) is 0.273. The van der Waals surface area contributed by atoms with Crippen LogP contribution in [-0.2, 0) is 4.79 Å². The Morgan fingerprint density at radius 3 is 2.46 bits per heavy atom. The maximum atomic E-state index is 14.5. The van der Waals surface area contributed by atoms with Crippen molar-refractivity contribution >= 4 is 17.6 Å². The Hall–Kier alpha value is -3.15. The van der Waals surface area contributed by atoms with Gasteiger partial charge in [-0.1, -0.05) is 36.4 Å². The molecular weight excluding hydrogens is 357 g/mol. The first-order chi connectivity index (χ1) is 13.5. The van der Waals surface area contributed by atoms with E-state index in [9.17, 15) is 14.0 Å². The molecule has 6 heteroatoms. The van der Waals surface area contributed by atoms with Crippen LogP contribution >= 0.6 is 0 Å². The highest BCUT2D eigenvalue weighted by Crippen LogP contribution is 2.38. The van der Waals surface area contributed by atoms with Crippen LogP contribution in [0.4, 0.5) is 14.9 Å². The normalized spacial score (nSPS) is 19.5. The summed E-state index contributed by atoms with van der Waals surface area (Å²) < 4.78 is 14.5. The van der Waals surface area contributed by atoms with Gasteiger partial charge in [-0.05, 0) is 44.4 Å². The SMILES string of the molecule is CC1=C(C(=O)Nc2ccccc2C)[C@H](c2ccccc2F)NC(=O)N1C1CC1. The standard InChI is InChI=1S/C22H22FN3O2/c1-13-7-3-6-10-18(13)24-21(27)19-14(2)26(15-11-12-15)22(28)25-20(19)16-8-4-5-9-17(16)23/h3-10,15,20H,11-12H2,1-2H3,(H,24,27)(H,25,28)/t20-/m0/s1. The van der Waals surface area contributed by atoms with E-state index in [1.54, 1.807) is 30.0 Å². The molecule has 2 N–H and O–H groups in total. The third-order valence-corrected chi connectivity index (χ3v) is 5.29. The van der Waals surface area contributed by atoms with E-state index in [4.69, 9.17) is 0 Å². The minimum absolute atomic E-state index is 0.0998. The highest BCUT2D eigenvalue weighted by Gasteiger charge is 2.42. The van der Waals surface area contributed by atoms with Crippen molar-refractivity contribution in [1.82, 2.24) is 10.2 Å². The lowest BCUT2D eigenvalue weighted by atomic mass is 9.93. The molecule has 1 atom stereocenters. The number of hydrogen-bond acceptors (Lipinski definition) is 2. The number of carbonyl (C=O) groups excluding carboxylic acids is 2. The smallest absolute Gasteiger partial charge is 0.322 e. The lowest BCUT2D eigenvalue weighted by molar-refractivity contribution is -0.113. The van der Waals surface area contributed by atoms with Crippen LogP contribution in [0.1, 0.15) is 36.9 Å². The van der Waals surface area contributed by atoms with Gasteiger partial charge in [0.1, 0.15) is 5.82 Å². The number of aryl methyl sites for hydroxylation is 1. The van der Waals surface area contributed by atoms with Crippen LogP contribution in [0.3, 0.4) is 0 Å². The molecule has 4 rings (SSSR count). The Morgan fingerprint density at radius 1 is 1.11 bits per heavy atom. The van der Waals surface area contributed by atoms with Gasteiger partial charge in [-0.2, -0.15) is 0 Å². The van der Waals surface area contributed by atoms with E-state index in [0.717, 1.165) is 18.4 Å².